The molecule has 1 aliphatic rings. The molecule has 0 amide bonds. The summed E-state index contributed by atoms with van der Waals surface area (Å²) in [6, 6.07) is 57.0. The lowest BCUT2D eigenvalue weighted by Gasteiger charge is -2.33. The van der Waals surface area contributed by atoms with Crippen molar-refractivity contribution in [3.63, 3.8) is 0 Å². The van der Waals surface area contributed by atoms with Crippen molar-refractivity contribution in [3.8, 4) is 22.4 Å². The standard InChI is InChI=1S/C43H26N2S2/c1-2-11-27(12-3-1)43-33-23-24-40-42(32-15-4-7-18-37(32)46-40)41(33)31-22-21-29(26-34(31)44-43)28-13-10-14-30(25-28)45-35-16-5-8-19-38(35)47-39-20-9-6-17-36(39)45/h1-26H. The van der Waals surface area contributed by atoms with Crippen LogP contribution in [0.5, 0.6) is 0 Å². The van der Waals surface area contributed by atoms with E-state index in [-0.39, 0.29) is 0 Å². The molecule has 0 unspecified atom stereocenters. The van der Waals surface area contributed by atoms with Crippen LogP contribution >= 0.6 is 23.1 Å². The minimum absolute atomic E-state index is 1.01. The van der Waals surface area contributed by atoms with Gasteiger partial charge in [-0.3, -0.25) is 0 Å². The molecule has 0 fully saturated rings. The van der Waals surface area contributed by atoms with Crippen LogP contribution < -0.4 is 4.90 Å². The SMILES string of the molecule is c1ccc(-c2nc3cc(-c4cccc(N5c6ccccc6Sc6ccccc65)c4)ccc3c3c2ccc2sc4ccccc4c23)cc1. The first-order valence-electron chi connectivity index (χ1n) is 15.8. The van der Waals surface area contributed by atoms with Crippen LogP contribution in [-0.2, 0) is 0 Å². The number of nitrogens with zero attached hydrogens (tertiary/aromatic N) is 2. The van der Waals surface area contributed by atoms with Gasteiger partial charge in [-0.25, -0.2) is 4.98 Å². The Bertz CT molecular complexity index is 2630. The molecule has 10 rings (SSSR count). The Hall–Kier alpha value is -5.42. The number of benzene rings is 7. The first-order chi connectivity index (χ1) is 23.3. The third-order valence-corrected chi connectivity index (χ3v) is 11.5. The number of hydrogen-bond donors (Lipinski definition) is 0. The number of aromatic nitrogens is 1. The Labute approximate surface area is 280 Å². The van der Waals surface area contributed by atoms with Gasteiger partial charge in [0.15, 0.2) is 0 Å². The molecule has 0 aliphatic carbocycles. The van der Waals surface area contributed by atoms with E-state index in [0.717, 1.165) is 28.0 Å². The minimum Gasteiger partial charge on any atom is -0.308 e. The summed E-state index contributed by atoms with van der Waals surface area (Å²) in [5.74, 6) is 0. The van der Waals surface area contributed by atoms with Gasteiger partial charge in [-0.1, -0.05) is 115 Å². The van der Waals surface area contributed by atoms with Crippen LogP contribution in [0, 0.1) is 0 Å². The highest BCUT2D eigenvalue weighted by atomic mass is 32.2. The van der Waals surface area contributed by atoms with E-state index in [2.05, 4.69) is 163 Å². The van der Waals surface area contributed by atoms with Gasteiger partial charge >= 0.3 is 0 Å². The van der Waals surface area contributed by atoms with Crippen LogP contribution in [-0.4, -0.2) is 4.98 Å². The van der Waals surface area contributed by atoms with Crippen molar-refractivity contribution >= 4 is 82.0 Å². The van der Waals surface area contributed by atoms with Crippen LogP contribution in [0.2, 0.25) is 0 Å². The van der Waals surface area contributed by atoms with Crippen molar-refractivity contribution < 1.29 is 0 Å². The van der Waals surface area contributed by atoms with E-state index < -0.39 is 0 Å². The molecule has 2 nitrogen and oxygen atoms in total. The zero-order chi connectivity index (χ0) is 30.9. The molecule has 2 aromatic heterocycles. The molecule has 0 saturated heterocycles. The van der Waals surface area contributed by atoms with Gasteiger partial charge in [-0.2, -0.15) is 0 Å². The highest BCUT2D eigenvalue weighted by molar-refractivity contribution is 7.99. The third kappa shape index (κ3) is 4.22. The topological polar surface area (TPSA) is 16.1 Å². The predicted octanol–water partition coefficient (Wildman–Crippen LogP) is 13.0. The van der Waals surface area contributed by atoms with Gasteiger partial charge in [0.2, 0.25) is 0 Å². The van der Waals surface area contributed by atoms with E-state index in [4.69, 9.17) is 4.98 Å². The zero-order valence-electron chi connectivity index (χ0n) is 25.2. The Morgan fingerprint density at radius 3 is 1.96 bits per heavy atom. The summed E-state index contributed by atoms with van der Waals surface area (Å²) in [6.45, 7) is 0. The molecule has 0 N–H and O–H groups in total. The first kappa shape index (κ1) is 26.8. The van der Waals surface area contributed by atoms with Gasteiger partial charge in [-0.15, -0.1) is 11.3 Å². The van der Waals surface area contributed by atoms with Crippen molar-refractivity contribution in [1.29, 1.82) is 0 Å². The minimum atomic E-state index is 1.01. The maximum atomic E-state index is 5.39. The lowest BCUT2D eigenvalue weighted by Crippen LogP contribution is -2.14. The molecule has 0 radical (unpaired) electrons. The summed E-state index contributed by atoms with van der Waals surface area (Å²) < 4.78 is 2.62. The van der Waals surface area contributed by atoms with Gasteiger partial charge in [0.1, 0.15) is 0 Å². The second-order valence-electron chi connectivity index (χ2n) is 11.9. The van der Waals surface area contributed by atoms with E-state index in [9.17, 15) is 0 Å². The quantitative estimate of drug-likeness (QED) is 0.180. The molecule has 0 atom stereocenters. The predicted molar refractivity (Wildman–Crippen MR) is 202 cm³/mol. The lowest BCUT2D eigenvalue weighted by molar-refractivity contribution is 1.17. The highest BCUT2D eigenvalue weighted by Crippen LogP contribution is 2.51. The molecule has 3 heterocycles. The molecule has 0 saturated carbocycles. The summed E-state index contributed by atoms with van der Waals surface area (Å²) in [5, 5.41) is 6.28. The molecule has 9 aromatic rings. The van der Waals surface area contributed by atoms with E-state index in [1.165, 1.54) is 63.1 Å². The number of para-hydroxylation sites is 2. The number of thiophene rings is 1. The monoisotopic (exact) mass is 634 g/mol. The lowest BCUT2D eigenvalue weighted by atomic mass is 9.94. The summed E-state index contributed by atoms with van der Waals surface area (Å²) >= 11 is 3.70. The van der Waals surface area contributed by atoms with Gasteiger partial charge < -0.3 is 4.90 Å². The molecule has 0 bridgehead atoms. The first-order valence-corrected chi connectivity index (χ1v) is 17.4. The highest BCUT2D eigenvalue weighted by Gasteiger charge is 2.24. The van der Waals surface area contributed by atoms with Crippen LogP contribution in [0.15, 0.2) is 168 Å². The number of fused-ring (bicyclic) bond motifs is 9. The number of pyridine rings is 1. The molecule has 1 aliphatic heterocycles. The van der Waals surface area contributed by atoms with Crippen molar-refractivity contribution in [2.45, 2.75) is 9.79 Å². The second-order valence-corrected chi connectivity index (χ2v) is 14.1. The molecule has 7 aromatic carbocycles. The third-order valence-electron chi connectivity index (χ3n) is 9.22. The molecule has 47 heavy (non-hydrogen) atoms. The number of hydrogen-bond acceptors (Lipinski definition) is 4. The molecule has 4 heteroatoms. The molecular weight excluding hydrogens is 609 g/mol. The Balaban J connectivity index is 1.20. The fourth-order valence-corrected chi connectivity index (χ4v) is 9.28. The van der Waals surface area contributed by atoms with Crippen LogP contribution in [0.25, 0.3) is 64.2 Å². The second kappa shape index (κ2) is 10.6. The summed E-state index contributed by atoms with van der Waals surface area (Å²) in [7, 11) is 0. The molecule has 0 spiro atoms. The average Bonchev–Trinajstić information content (AvgIpc) is 3.52. The molecular formula is C43H26N2S2. The van der Waals surface area contributed by atoms with Crippen LogP contribution in [0.3, 0.4) is 0 Å². The van der Waals surface area contributed by atoms with Gasteiger partial charge in [0, 0.05) is 57.4 Å². The zero-order valence-corrected chi connectivity index (χ0v) is 26.9. The largest absolute Gasteiger partial charge is 0.308 e. The smallest absolute Gasteiger partial charge is 0.0788 e. The Morgan fingerprint density at radius 2 is 1.13 bits per heavy atom. The summed E-state index contributed by atoms with van der Waals surface area (Å²) in [6.07, 6.45) is 0. The maximum absolute atomic E-state index is 5.39. The van der Waals surface area contributed by atoms with Gasteiger partial charge in [0.25, 0.3) is 0 Å². The van der Waals surface area contributed by atoms with Crippen LogP contribution in [0.4, 0.5) is 17.1 Å². The van der Waals surface area contributed by atoms with Crippen molar-refractivity contribution in [2.24, 2.45) is 0 Å². The number of rotatable bonds is 3. The van der Waals surface area contributed by atoms with E-state index in [0.29, 0.717) is 0 Å². The summed E-state index contributed by atoms with van der Waals surface area (Å²) in [5.41, 5.74) is 9.04. The van der Waals surface area contributed by atoms with Gasteiger partial charge in [-0.05, 0) is 65.7 Å². The van der Waals surface area contributed by atoms with Crippen molar-refractivity contribution in [1.82, 2.24) is 4.98 Å². The van der Waals surface area contributed by atoms with E-state index in [1.54, 1.807) is 0 Å². The molecule has 220 valence electrons. The fourth-order valence-electron chi connectivity index (χ4n) is 7.11. The average molecular weight is 635 g/mol. The normalized spacial score (nSPS) is 12.6. The summed E-state index contributed by atoms with van der Waals surface area (Å²) in [4.78, 5) is 10.3. The number of anilines is 3. The maximum Gasteiger partial charge on any atom is 0.0788 e. The van der Waals surface area contributed by atoms with E-state index >= 15 is 0 Å². The van der Waals surface area contributed by atoms with Crippen molar-refractivity contribution in [3.05, 3.63) is 158 Å². The van der Waals surface area contributed by atoms with Crippen LogP contribution in [0.1, 0.15) is 0 Å². The van der Waals surface area contributed by atoms with Crippen molar-refractivity contribution in [2.75, 3.05) is 4.90 Å². The fraction of sp³-hybridized carbons (Fsp3) is 0. The Kier molecular flexibility index (Phi) is 6.01. The van der Waals surface area contributed by atoms with E-state index in [1.807, 2.05) is 23.1 Å². The van der Waals surface area contributed by atoms with Gasteiger partial charge in [0.05, 0.1) is 22.6 Å². The Morgan fingerprint density at radius 1 is 0.447 bits per heavy atom.